The number of carbonyl (C=O) groups excluding carboxylic acids is 1. The summed E-state index contributed by atoms with van der Waals surface area (Å²) in [6.45, 7) is 0.753. The maximum atomic E-state index is 13.5. The van der Waals surface area contributed by atoms with E-state index in [1.807, 2.05) is 54.6 Å². The van der Waals surface area contributed by atoms with Crippen LogP contribution in [-0.2, 0) is 9.59 Å². The van der Waals surface area contributed by atoms with Crippen LogP contribution in [-0.4, -0.2) is 64.2 Å². The van der Waals surface area contributed by atoms with Crippen LogP contribution in [0.15, 0.2) is 24.3 Å². The minimum atomic E-state index is -0.906. The van der Waals surface area contributed by atoms with Gasteiger partial charge in [-0.15, -0.1) is 0 Å². The van der Waals surface area contributed by atoms with E-state index in [0.29, 0.717) is 17.4 Å². The number of likely N-dealkylation sites (N-methyl/N-ethyl adjacent to an activating group) is 1. The van der Waals surface area contributed by atoms with Gasteiger partial charge in [0.1, 0.15) is 0 Å². The van der Waals surface area contributed by atoms with E-state index in [-0.39, 0.29) is 24.4 Å². The Labute approximate surface area is 182 Å². The molecule has 1 saturated heterocycles. The first-order valence-corrected chi connectivity index (χ1v) is 11.2. The molecule has 2 fully saturated rings. The Morgan fingerprint density at radius 3 is 2.41 bits per heavy atom. The maximum Gasteiger partial charge on any atom is 0.304 e. The van der Waals surface area contributed by atoms with Gasteiger partial charge in [-0.1, -0.05) is 23.7 Å². The molecule has 1 saturated carbocycles. The highest BCUT2D eigenvalue weighted by atomic mass is 35.5. The van der Waals surface area contributed by atoms with Crippen LogP contribution in [0.5, 0.6) is 0 Å². The van der Waals surface area contributed by atoms with Gasteiger partial charge in [0.05, 0.1) is 12.5 Å². The molecule has 3 unspecified atom stereocenters. The zero-order valence-corrected chi connectivity index (χ0v) is 18.8. The summed E-state index contributed by atoms with van der Waals surface area (Å²) in [5.74, 6) is -0.887. The monoisotopic (exact) mass is 439 g/mol. The lowest BCUT2D eigenvalue weighted by molar-refractivity contribution is -0.151. The van der Waals surface area contributed by atoms with E-state index < -0.39 is 11.9 Å². The number of amides is 1. The van der Waals surface area contributed by atoms with Crippen LogP contribution in [0.1, 0.15) is 43.7 Å². The summed E-state index contributed by atoms with van der Waals surface area (Å²) in [5.41, 5.74) is 1.07. The fourth-order valence-corrected chi connectivity index (χ4v) is 5.22. The number of hydrogen-bond acceptors (Lipinski definition) is 5. The van der Waals surface area contributed by atoms with Crippen molar-refractivity contribution in [3.05, 3.63) is 34.9 Å². The third kappa shape index (κ3) is 5.87. The molecule has 0 aromatic heterocycles. The van der Waals surface area contributed by atoms with Crippen LogP contribution in [0.4, 0.5) is 0 Å². The van der Waals surface area contributed by atoms with Gasteiger partial charge >= 0.3 is 5.97 Å². The number of rotatable bonds is 9. The molecule has 1 aromatic carbocycles. The second-order valence-electron chi connectivity index (χ2n) is 8.29. The molecule has 8 heteroatoms. The van der Waals surface area contributed by atoms with Crippen molar-refractivity contribution in [1.82, 2.24) is 13.5 Å². The quantitative estimate of drug-likeness (QED) is 0.588. The highest BCUT2D eigenvalue weighted by molar-refractivity contribution is 7.94. The Bertz CT molecular complexity index is 726. The van der Waals surface area contributed by atoms with E-state index in [9.17, 15) is 14.7 Å². The Kier molecular flexibility index (Phi) is 7.48. The normalized spacial score (nSPS) is 23.7. The van der Waals surface area contributed by atoms with Crippen molar-refractivity contribution < 1.29 is 14.7 Å². The van der Waals surface area contributed by atoms with Crippen LogP contribution in [0.3, 0.4) is 0 Å². The standard InChI is InChI=1S/C21H30ClN3O3S/c1-23(2)29-24(3)13-19(15-4-5-15)25-18(14-6-9-17(22)10-7-14)11-8-16(21(25)28)12-20(26)27/h6-7,9-10,15-16,18-19H,4-5,8,11-13H2,1-3H3,(H,26,27). The summed E-state index contributed by atoms with van der Waals surface area (Å²) < 4.78 is 4.20. The topological polar surface area (TPSA) is 64.1 Å². The summed E-state index contributed by atoms with van der Waals surface area (Å²) in [5, 5.41) is 9.96. The predicted octanol–water partition coefficient (Wildman–Crippen LogP) is 3.93. The van der Waals surface area contributed by atoms with Gasteiger partial charge < -0.3 is 10.0 Å². The molecule has 1 amide bonds. The van der Waals surface area contributed by atoms with Crippen LogP contribution < -0.4 is 0 Å². The molecule has 1 aromatic rings. The molecular formula is C21H30ClN3O3S. The molecule has 0 radical (unpaired) electrons. The summed E-state index contributed by atoms with van der Waals surface area (Å²) in [7, 11) is 6.04. The fourth-order valence-electron chi connectivity index (χ4n) is 4.31. The van der Waals surface area contributed by atoms with E-state index in [0.717, 1.165) is 31.4 Å². The molecular weight excluding hydrogens is 410 g/mol. The zero-order chi connectivity index (χ0) is 21.1. The fraction of sp³-hybridized carbons (Fsp3) is 0.619. The summed E-state index contributed by atoms with van der Waals surface area (Å²) in [6.07, 6.45) is 3.52. The third-order valence-corrected chi connectivity index (χ3v) is 6.68. The first-order valence-electron chi connectivity index (χ1n) is 10.1. The second kappa shape index (κ2) is 9.69. The molecule has 3 rings (SSSR count). The Morgan fingerprint density at radius 2 is 1.86 bits per heavy atom. The lowest BCUT2D eigenvalue weighted by Crippen LogP contribution is -2.53. The molecule has 160 valence electrons. The largest absolute Gasteiger partial charge is 0.481 e. The SMILES string of the molecule is CN(C)SN(C)CC(C1CC1)N1C(=O)C(CC(=O)O)CCC1c1ccc(Cl)cc1. The smallest absolute Gasteiger partial charge is 0.304 e. The number of carboxylic acid groups (broad SMARTS) is 1. The predicted molar refractivity (Wildman–Crippen MR) is 116 cm³/mol. The van der Waals surface area contributed by atoms with Gasteiger partial charge in [-0.2, -0.15) is 0 Å². The van der Waals surface area contributed by atoms with Crippen molar-refractivity contribution in [2.45, 2.75) is 44.2 Å². The number of likely N-dealkylation sites (tertiary alicyclic amines) is 1. The third-order valence-electron chi connectivity index (χ3n) is 5.67. The summed E-state index contributed by atoms with van der Waals surface area (Å²) >= 11 is 7.70. The number of halogens is 1. The molecule has 6 nitrogen and oxygen atoms in total. The number of nitrogens with zero attached hydrogens (tertiary/aromatic N) is 3. The Morgan fingerprint density at radius 1 is 1.21 bits per heavy atom. The molecule has 0 spiro atoms. The number of carbonyl (C=O) groups is 2. The van der Waals surface area contributed by atoms with Crippen molar-refractivity contribution in [1.29, 1.82) is 0 Å². The van der Waals surface area contributed by atoms with E-state index in [1.54, 1.807) is 12.1 Å². The van der Waals surface area contributed by atoms with Gasteiger partial charge in [-0.3, -0.25) is 9.59 Å². The van der Waals surface area contributed by atoms with Crippen LogP contribution in [0.2, 0.25) is 5.02 Å². The number of carboxylic acids is 1. The molecule has 29 heavy (non-hydrogen) atoms. The van der Waals surface area contributed by atoms with Crippen molar-refractivity contribution in [3.8, 4) is 0 Å². The maximum absolute atomic E-state index is 13.5. The molecule has 0 bridgehead atoms. The van der Waals surface area contributed by atoms with Crippen LogP contribution >= 0.6 is 23.7 Å². The average molecular weight is 440 g/mol. The van der Waals surface area contributed by atoms with Crippen molar-refractivity contribution >= 4 is 35.6 Å². The van der Waals surface area contributed by atoms with Gasteiger partial charge in [0.15, 0.2) is 0 Å². The van der Waals surface area contributed by atoms with Crippen molar-refractivity contribution in [2.75, 3.05) is 27.7 Å². The van der Waals surface area contributed by atoms with Crippen LogP contribution in [0, 0.1) is 11.8 Å². The summed E-state index contributed by atoms with van der Waals surface area (Å²) in [6, 6.07) is 7.76. The highest BCUT2D eigenvalue weighted by Crippen LogP contribution is 2.44. The molecule has 1 aliphatic heterocycles. The average Bonchev–Trinajstić information content (AvgIpc) is 3.46. The Hall–Kier alpha value is -1.28. The highest BCUT2D eigenvalue weighted by Gasteiger charge is 2.45. The lowest BCUT2D eigenvalue weighted by atomic mass is 9.84. The van der Waals surface area contributed by atoms with Gasteiger partial charge in [0.2, 0.25) is 5.91 Å². The van der Waals surface area contributed by atoms with E-state index in [1.165, 1.54) is 0 Å². The minimum absolute atomic E-state index is 0.0150. The molecule has 1 aliphatic carbocycles. The van der Waals surface area contributed by atoms with Crippen molar-refractivity contribution in [2.24, 2.45) is 11.8 Å². The minimum Gasteiger partial charge on any atom is -0.481 e. The van der Waals surface area contributed by atoms with E-state index in [4.69, 9.17) is 11.6 Å². The van der Waals surface area contributed by atoms with Gasteiger partial charge in [-0.05, 0) is 70.4 Å². The number of aliphatic carboxylic acids is 1. The van der Waals surface area contributed by atoms with Gasteiger partial charge in [0, 0.05) is 35.7 Å². The zero-order valence-electron chi connectivity index (χ0n) is 17.3. The first kappa shape index (κ1) is 22.4. The van der Waals surface area contributed by atoms with Gasteiger partial charge in [0.25, 0.3) is 0 Å². The van der Waals surface area contributed by atoms with E-state index in [2.05, 4.69) is 4.31 Å². The molecule has 1 heterocycles. The van der Waals surface area contributed by atoms with E-state index >= 15 is 0 Å². The molecule has 3 atom stereocenters. The van der Waals surface area contributed by atoms with Crippen LogP contribution in [0.25, 0.3) is 0 Å². The lowest BCUT2D eigenvalue weighted by Gasteiger charge is -2.45. The van der Waals surface area contributed by atoms with Crippen molar-refractivity contribution in [3.63, 3.8) is 0 Å². The summed E-state index contributed by atoms with van der Waals surface area (Å²) in [4.78, 5) is 26.8. The number of piperidine rings is 1. The Balaban J connectivity index is 1.89. The number of hydrogen-bond donors (Lipinski definition) is 1. The second-order valence-corrected chi connectivity index (χ2v) is 10.2. The molecule has 1 N–H and O–H groups in total. The first-order chi connectivity index (χ1) is 13.8. The number of benzene rings is 1. The molecule has 2 aliphatic rings. The van der Waals surface area contributed by atoms with Gasteiger partial charge in [-0.25, -0.2) is 8.61 Å².